The molecule has 1 amide bonds. The molecule has 0 aliphatic heterocycles. The maximum Gasteiger partial charge on any atom is 0.231 e. The molecule has 0 unspecified atom stereocenters. The molecule has 0 bridgehead atoms. The smallest absolute Gasteiger partial charge is 0.231 e. The van der Waals surface area contributed by atoms with Crippen LogP contribution in [0.4, 0.5) is 0 Å². The van der Waals surface area contributed by atoms with E-state index in [1.54, 1.807) is 23.7 Å². The van der Waals surface area contributed by atoms with E-state index in [-0.39, 0.29) is 11.3 Å². The summed E-state index contributed by atoms with van der Waals surface area (Å²) in [4.78, 5) is 17.4. The second kappa shape index (κ2) is 4.53. The molecule has 18 heavy (non-hydrogen) atoms. The van der Waals surface area contributed by atoms with Gasteiger partial charge >= 0.3 is 0 Å². The van der Waals surface area contributed by atoms with Crippen molar-refractivity contribution >= 4 is 17.2 Å². The molecule has 0 saturated heterocycles. The predicted molar refractivity (Wildman–Crippen MR) is 71.3 cm³/mol. The summed E-state index contributed by atoms with van der Waals surface area (Å²) in [6, 6.07) is 7.91. The molecule has 1 aliphatic rings. The highest BCUT2D eigenvalue weighted by Gasteiger charge is 2.51. The summed E-state index contributed by atoms with van der Waals surface area (Å²) < 4.78 is 0. The minimum absolute atomic E-state index is 0.154. The van der Waals surface area contributed by atoms with Gasteiger partial charge in [0, 0.05) is 23.8 Å². The number of rotatable bonds is 4. The van der Waals surface area contributed by atoms with Gasteiger partial charge in [0.05, 0.1) is 5.41 Å². The third kappa shape index (κ3) is 2.04. The highest BCUT2D eigenvalue weighted by molar-refractivity contribution is 7.10. The average Bonchev–Trinajstić information content (AvgIpc) is 3.05. The fraction of sp³-hybridized carbons (Fsp3) is 0.286. The lowest BCUT2D eigenvalue weighted by molar-refractivity contribution is -0.123. The molecule has 92 valence electrons. The van der Waals surface area contributed by atoms with Crippen LogP contribution in [0, 0.1) is 0 Å². The van der Waals surface area contributed by atoms with Crippen molar-refractivity contribution in [1.29, 1.82) is 0 Å². The second-order valence-electron chi connectivity index (χ2n) is 4.60. The first-order valence-electron chi connectivity index (χ1n) is 6.02. The molecule has 0 radical (unpaired) electrons. The van der Waals surface area contributed by atoms with Crippen molar-refractivity contribution in [2.75, 3.05) is 0 Å². The maximum absolute atomic E-state index is 12.3. The maximum atomic E-state index is 12.3. The van der Waals surface area contributed by atoms with Crippen molar-refractivity contribution in [3.05, 3.63) is 52.5 Å². The highest BCUT2D eigenvalue weighted by atomic mass is 32.1. The zero-order valence-electron chi connectivity index (χ0n) is 9.93. The van der Waals surface area contributed by atoms with Crippen LogP contribution < -0.4 is 5.32 Å². The van der Waals surface area contributed by atoms with E-state index in [4.69, 9.17) is 0 Å². The quantitative estimate of drug-likeness (QED) is 0.915. The first kappa shape index (κ1) is 11.4. The Hall–Kier alpha value is -1.68. The Bertz CT molecular complexity index is 532. The first-order chi connectivity index (χ1) is 8.81. The Morgan fingerprint density at radius 2 is 2.11 bits per heavy atom. The summed E-state index contributed by atoms with van der Waals surface area (Å²) in [5.74, 6) is 0.154. The summed E-state index contributed by atoms with van der Waals surface area (Å²) in [6.07, 6.45) is 5.42. The molecule has 0 atom stereocenters. The molecule has 2 heterocycles. The van der Waals surface area contributed by atoms with Crippen LogP contribution in [0.15, 0.2) is 42.0 Å². The van der Waals surface area contributed by atoms with Gasteiger partial charge in [-0.25, -0.2) is 0 Å². The number of nitrogens with zero attached hydrogens (tertiary/aromatic N) is 1. The van der Waals surface area contributed by atoms with Crippen molar-refractivity contribution < 1.29 is 4.79 Å². The molecule has 4 heteroatoms. The molecule has 0 spiro atoms. The van der Waals surface area contributed by atoms with Gasteiger partial charge in [0.1, 0.15) is 0 Å². The normalized spacial score (nSPS) is 16.2. The van der Waals surface area contributed by atoms with E-state index >= 15 is 0 Å². The summed E-state index contributed by atoms with van der Waals surface area (Å²) in [7, 11) is 0. The number of hydrogen-bond acceptors (Lipinski definition) is 3. The van der Waals surface area contributed by atoms with Gasteiger partial charge < -0.3 is 5.32 Å². The number of thiophene rings is 1. The number of amides is 1. The largest absolute Gasteiger partial charge is 0.351 e. The van der Waals surface area contributed by atoms with Gasteiger partial charge in [-0.3, -0.25) is 9.78 Å². The van der Waals surface area contributed by atoms with Crippen LogP contribution in [0.2, 0.25) is 0 Å². The van der Waals surface area contributed by atoms with Crippen molar-refractivity contribution in [3.63, 3.8) is 0 Å². The summed E-state index contributed by atoms with van der Waals surface area (Å²) in [6.45, 7) is 0.578. The minimum Gasteiger partial charge on any atom is -0.351 e. The zero-order valence-corrected chi connectivity index (χ0v) is 10.7. The van der Waals surface area contributed by atoms with Gasteiger partial charge in [-0.15, -0.1) is 11.3 Å². The van der Waals surface area contributed by atoms with Gasteiger partial charge in [-0.1, -0.05) is 6.07 Å². The van der Waals surface area contributed by atoms with Crippen molar-refractivity contribution in [3.8, 4) is 0 Å². The number of carbonyl (C=O) groups is 1. The monoisotopic (exact) mass is 258 g/mol. The predicted octanol–water partition coefficient (Wildman–Crippen LogP) is 2.49. The van der Waals surface area contributed by atoms with Crippen LogP contribution in [0.25, 0.3) is 0 Å². The minimum atomic E-state index is -0.235. The second-order valence-corrected chi connectivity index (χ2v) is 5.55. The van der Waals surface area contributed by atoms with Crippen LogP contribution in [0.5, 0.6) is 0 Å². The third-order valence-corrected chi connectivity index (χ3v) is 4.45. The molecule has 0 aromatic carbocycles. The van der Waals surface area contributed by atoms with E-state index < -0.39 is 0 Å². The molecule has 1 saturated carbocycles. The standard InChI is InChI=1S/C14H14N2OS/c17-13(16-10-11-3-7-15-8-4-11)14(5-6-14)12-2-1-9-18-12/h1-4,7-9H,5-6,10H2,(H,16,17). The topological polar surface area (TPSA) is 42.0 Å². The van der Waals surface area contributed by atoms with Gasteiger partial charge in [0.2, 0.25) is 5.91 Å². The molecule has 3 rings (SSSR count). The van der Waals surface area contributed by atoms with Crippen molar-refractivity contribution in [2.24, 2.45) is 0 Å². The number of aromatic nitrogens is 1. The van der Waals surface area contributed by atoms with Gasteiger partial charge in [0.25, 0.3) is 0 Å². The molecule has 1 fully saturated rings. The van der Waals surface area contributed by atoms with Crippen LogP contribution in [0.1, 0.15) is 23.3 Å². The Balaban J connectivity index is 1.66. The van der Waals surface area contributed by atoms with Crippen molar-refractivity contribution in [1.82, 2.24) is 10.3 Å². The lowest BCUT2D eigenvalue weighted by Crippen LogP contribution is -2.33. The van der Waals surface area contributed by atoms with E-state index in [0.29, 0.717) is 6.54 Å². The zero-order chi connectivity index (χ0) is 12.4. The summed E-state index contributed by atoms with van der Waals surface area (Å²) in [5.41, 5.74) is 0.849. The Labute approximate surface area is 110 Å². The molecular formula is C14H14N2OS. The van der Waals surface area contributed by atoms with Gasteiger partial charge in [0.15, 0.2) is 0 Å². The number of hydrogen-bond donors (Lipinski definition) is 1. The molecule has 1 N–H and O–H groups in total. The molecule has 2 aromatic rings. The van der Waals surface area contributed by atoms with Crippen LogP contribution in [-0.4, -0.2) is 10.9 Å². The SMILES string of the molecule is O=C(NCc1ccncc1)C1(c2cccs2)CC1. The highest BCUT2D eigenvalue weighted by Crippen LogP contribution is 2.50. The summed E-state index contributed by atoms with van der Waals surface area (Å²) >= 11 is 1.67. The van der Waals surface area contributed by atoms with Crippen LogP contribution in [0.3, 0.4) is 0 Å². The van der Waals surface area contributed by atoms with Gasteiger partial charge in [-0.05, 0) is 42.0 Å². The fourth-order valence-electron chi connectivity index (χ4n) is 2.11. The molecule has 2 aromatic heterocycles. The lowest BCUT2D eigenvalue weighted by atomic mass is 10.0. The van der Waals surface area contributed by atoms with E-state index in [1.807, 2.05) is 23.6 Å². The molecule has 3 nitrogen and oxygen atoms in total. The van der Waals surface area contributed by atoms with Crippen molar-refractivity contribution in [2.45, 2.75) is 24.8 Å². The molecule has 1 aliphatic carbocycles. The van der Waals surface area contributed by atoms with Crippen LogP contribution >= 0.6 is 11.3 Å². The van der Waals surface area contributed by atoms with E-state index in [1.165, 1.54) is 4.88 Å². The molecular weight excluding hydrogens is 244 g/mol. The number of pyridine rings is 1. The van der Waals surface area contributed by atoms with Gasteiger partial charge in [-0.2, -0.15) is 0 Å². The van der Waals surface area contributed by atoms with E-state index in [0.717, 1.165) is 18.4 Å². The lowest BCUT2D eigenvalue weighted by Gasteiger charge is -2.13. The average molecular weight is 258 g/mol. The van der Waals surface area contributed by atoms with Crippen LogP contribution in [-0.2, 0) is 16.8 Å². The fourth-order valence-corrected chi connectivity index (χ4v) is 3.10. The Morgan fingerprint density at radius 3 is 2.72 bits per heavy atom. The number of carbonyl (C=O) groups excluding carboxylic acids is 1. The third-order valence-electron chi connectivity index (χ3n) is 3.38. The van der Waals surface area contributed by atoms with E-state index in [9.17, 15) is 4.79 Å². The summed E-state index contributed by atoms with van der Waals surface area (Å²) in [5, 5.41) is 5.06. The van der Waals surface area contributed by atoms with E-state index in [2.05, 4.69) is 16.4 Å². The Kier molecular flexibility index (Phi) is 2.88. The number of nitrogens with one attached hydrogen (secondary N) is 1. The Morgan fingerprint density at radius 1 is 1.33 bits per heavy atom. The first-order valence-corrected chi connectivity index (χ1v) is 6.90.